The van der Waals surface area contributed by atoms with Crippen molar-refractivity contribution >= 4 is 11.9 Å². The molecule has 2 aromatic rings. The SMILES string of the molecule is C=CC(C)(C)c1cc(C=CC(=O)c2ccc(OCOC)cc2)c(OC)cc1O. The van der Waals surface area contributed by atoms with Crippen molar-refractivity contribution in [2.75, 3.05) is 21.0 Å². The highest BCUT2D eigenvalue weighted by Gasteiger charge is 2.22. The average molecular weight is 382 g/mol. The van der Waals surface area contributed by atoms with Gasteiger partial charge in [-0.05, 0) is 42.5 Å². The summed E-state index contributed by atoms with van der Waals surface area (Å²) >= 11 is 0. The molecular formula is C23H26O5. The largest absolute Gasteiger partial charge is 0.507 e. The van der Waals surface area contributed by atoms with Gasteiger partial charge in [0.25, 0.3) is 0 Å². The topological polar surface area (TPSA) is 65.0 Å². The molecule has 0 aliphatic rings. The first-order chi connectivity index (χ1) is 13.3. The molecule has 0 fully saturated rings. The average Bonchev–Trinajstić information content (AvgIpc) is 2.70. The van der Waals surface area contributed by atoms with Crippen molar-refractivity contribution in [3.63, 3.8) is 0 Å². The fourth-order valence-corrected chi connectivity index (χ4v) is 2.62. The number of allylic oxidation sites excluding steroid dienone is 2. The predicted molar refractivity (Wildman–Crippen MR) is 110 cm³/mol. The lowest BCUT2D eigenvalue weighted by Crippen LogP contribution is -2.13. The molecule has 0 heterocycles. The molecule has 0 amide bonds. The minimum absolute atomic E-state index is 0.122. The van der Waals surface area contributed by atoms with Gasteiger partial charge < -0.3 is 19.3 Å². The maximum Gasteiger partial charge on any atom is 0.188 e. The molecule has 1 N–H and O–H groups in total. The van der Waals surface area contributed by atoms with Crippen molar-refractivity contribution in [3.8, 4) is 17.2 Å². The molecule has 0 saturated carbocycles. The van der Waals surface area contributed by atoms with Crippen LogP contribution >= 0.6 is 0 Å². The molecule has 0 radical (unpaired) electrons. The van der Waals surface area contributed by atoms with Crippen molar-refractivity contribution in [1.82, 2.24) is 0 Å². The zero-order valence-corrected chi connectivity index (χ0v) is 16.7. The third-order valence-corrected chi connectivity index (χ3v) is 4.45. The van der Waals surface area contributed by atoms with Crippen molar-refractivity contribution in [2.45, 2.75) is 19.3 Å². The first-order valence-corrected chi connectivity index (χ1v) is 8.81. The molecule has 5 nitrogen and oxygen atoms in total. The molecule has 2 aromatic carbocycles. The standard InChI is InChI=1S/C23H26O5/c1-6-23(2,3)19-13-17(22(27-5)14-21(19)25)9-12-20(24)16-7-10-18(11-8-16)28-15-26-4/h6-14,25H,1,15H2,2-5H3. The van der Waals surface area contributed by atoms with E-state index in [-0.39, 0.29) is 18.3 Å². The monoisotopic (exact) mass is 382 g/mol. The number of methoxy groups -OCH3 is 2. The summed E-state index contributed by atoms with van der Waals surface area (Å²) in [5, 5.41) is 10.3. The van der Waals surface area contributed by atoms with E-state index in [0.717, 1.165) is 0 Å². The summed E-state index contributed by atoms with van der Waals surface area (Å²) in [6.07, 6.45) is 4.92. The van der Waals surface area contributed by atoms with Crippen LogP contribution in [-0.2, 0) is 10.2 Å². The summed E-state index contributed by atoms with van der Waals surface area (Å²) in [6, 6.07) is 10.2. The van der Waals surface area contributed by atoms with Crippen LogP contribution in [0.4, 0.5) is 0 Å². The van der Waals surface area contributed by atoms with Gasteiger partial charge in [-0.1, -0.05) is 19.9 Å². The Morgan fingerprint density at radius 3 is 2.43 bits per heavy atom. The van der Waals surface area contributed by atoms with Crippen molar-refractivity contribution in [3.05, 3.63) is 71.8 Å². The Kier molecular flexibility index (Phi) is 7.01. The molecule has 0 unspecified atom stereocenters. The zero-order chi connectivity index (χ0) is 20.7. The number of hydrogen-bond acceptors (Lipinski definition) is 5. The smallest absolute Gasteiger partial charge is 0.188 e. The second-order valence-electron chi connectivity index (χ2n) is 6.81. The van der Waals surface area contributed by atoms with Crippen LogP contribution < -0.4 is 9.47 Å². The molecule has 2 rings (SSSR count). The second-order valence-corrected chi connectivity index (χ2v) is 6.81. The summed E-state index contributed by atoms with van der Waals surface area (Å²) < 4.78 is 15.5. The predicted octanol–water partition coefficient (Wildman–Crippen LogP) is 4.74. The number of carbonyl (C=O) groups is 1. The molecular weight excluding hydrogens is 356 g/mol. The van der Waals surface area contributed by atoms with Crippen LogP contribution in [0.3, 0.4) is 0 Å². The van der Waals surface area contributed by atoms with Crippen molar-refractivity contribution in [2.24, 2.45) is 0 Å². The van der Waals surface area contributed by atoms with Gasteiger partial charge in [0.15, 0.2) is 12.6 Å². The van der Waals surface area contributed by atoms with E-state index in [1.807, 2.05) is 13.8 Å². The van der Waals surface area contributed by atoms with Crippen LogP contribution in [0, 0.1) is 0 Å². The van der Waals surface area contributed by atoms with Crippen LogP contribution in [-0.4, -0.2) is 31.9 Å². The van der Waals surface area contributed by atoms with Gasteiger partial charge in [-0.25, -0.2) is 0 Å². The van der Waals surface area contributed by atoms with Gasteiger partial charge in [0.2, 0.25) is 0 Å². The first-order valence-electron chi connectivity index (χ1n) is 8.81. The number of ketones is 1. The highest BCUT2D eigenvalue weighted by atomic mass is 16.7. The first kappa shape index (κ1) is 21.3. The lowest BCUT2D eigenvalue weighted by atomic mass is 9.83. The molecule has 5 heteroatoms. The van der Waals surface area contributed by atoms with E-state index in [0.29, 0.717) is 28.2 Å². The number of phenols is 1. The maximum atomic E-state index is 12.5. The van der Waals surface area contributed by atoms with Crippen LogP contribution in [0.5, 0.6) is 17.2 Å². The molecule has 0 aromatic heterocycles. The van der Waals surface area contributed by atoms with E-state index in [9.17, 15) is 9.90 Å². The fourth-order valence-electron chi connectivity index (χ4n) is 2.62. The molecule has 0 aliphatic heterocycles. The van der Waals surface area contributed by atoms with Gasteiger partial charge >= 0.3 is 0 Å². The van der Waals surface area contributed by atoms with E-state index >= 15 is 0 Å². The summed E-state index contributed by atoms with van der Waals surface area (Å²) in [5.74, 6) is 1.07. The lowest BCUT2D eigenvalue weighted by molar-refractivity contribution is 0.0511. The minimum atomic E-state index is -0.430. The maximum absolute atomic E-state index is 12.5. The minimum Gasteiger partial charge on any atom is -0.507 e. The quantitative estimate of drug-likeness (QED) is 0.294. The van der Waals surface area contributed by atoms with E-state index in [4.69, 9.17) is 14.2 Å². The van der Waals surface area contributed by atoms with E-state index in [1.165, 1.54) is 13.2 Å². The van der Waals surface area contributed by atoms with Gasteiger partial charge in [-0.2, -0.15) is 0 Å². The normalized spacial score (nSPS) is 11.4. The number of hydrogen-bond donors (Lipinski definition) is 1. The van der Waals surface area contributed by atoms with Crippen molar-refractivity contribution in [1.29, 1.82) is 0 Å². The molecule has 148 valence electrons. The lowest BCUT2D eigenvalue weighted by Gasteiger charge is -2.23. The van der Waals surface area contributed by atoms with E-state index < -0.39 is 5.41 Å². The number of phenolic OH excluding ortho intramolecular Hbond substituents is 1. The Bertz CT molecular complexity index is 863. The second kappa shape index (κ2) is 9.24. The summed E-state index contributed by atoms with van der Waals surface area (Å²) in [6.45, 7) is 7.88. The van der Waals surface area contributed by atoms with Crippen molar-refractivity contribution < 1.29 is 24.1 Å². The van der Waals surface area contributed by atoms with Gasteiger partial charge in [0.1, 0.15) is 17.2 Å². The Labute approximate surface area is 165 Å². The third kappa shape index (κ3) is 5.02. The van der Waals surface area contributed by atoms with E-state index in [2.05, 4.69) is 6.58 Å². The zero-order valence-electron chi connectivity index (χ0n) is 16.7. The van der Waals surface area contributed by atoms with E-state index in [1.54, 1.807) is 55.7 Å². The van der Waals surface area contributed by atoms with Crippen LogP contribution in [0.15, 0.2) is 55.1 Å². The number of ether oxygens (including phenoxy) is 3. The molecule has 0 spiro atoms. The Hall–Kier alpha value is -3.05. The highest BCUT2D eigenvalue weighted by Crippen LogP contribution is 2.37. The number of carbonyl (C=O) groups excluding carboxylic acids is 1. The van der Waals surface area contributed by atoms with Gasteiger partial charge in [0, 0.05) is 35.3 Å². The highest BCUT2D eigenvalue weighted by molar-refractivity contribution is 6.07. The molecule has 0 saturated heterocycles. The Morgan fingerprint density at radius 1 is 1.18 bits per heavy atom. The Morgan fingerprint density at radius 2 is 1.86 bits per heavy atom. The van der Waals surface area contributed by atoms with Crippen LogP contribution in [0.25, 0.3) is 6.08 Å². The Balaban J connectivity index is 2.28. The van der Waals surface area contributed by atoms with Gasteiger partial charge in [0.05, 0.1) is 7.11 Å². The fraction of sp³-hybridized carbons (Fsp3) is 0.261. The molecule has 0 atom stereocenters. The van der Waals surface area contributed by atoms with Crippen LogP contribution in [0.1, 0.15) is 35.3 Å². The van der Waals surface area contributed by atoms with Gasteiger partial charge in [-0.15, -0.1) is 6.58 Å². The molecule has 0 aliphatic carbocycles. The number of aromatic hydroxyl groups is 1. The number of benzene rings is 2. The molecule has 28 heavy (non-hydrogen) atoms. The summed E-state index contributed by atoms with van der Waals surface area (Å²) in [4.78, 5) is 12.5. The summed E-state index contributed by atoms with van der Waals surface area (Å²) in [5.41, 5.74) is 1.50. The molecule has 0 bridgehead atoms. The third-order valence-electron chi connectivity index (χ3n) is 4.45. The van der Waals surface area contributed by atoms with Crippen LogP contribution in [0.2, 0.25) is 0 Å². The van der Waals surface area contributed by atoms with Gasteiger partial charge in [-0.3, -0.25) is 4.79 Å². The summed E-state index contributed by atoms with van der Waals surface area (Å²) in [7, 11) is 3.06. The number of rotatable bonds is 9.